The van der Waals surface area contributed by atoms with Gasteiger partial charge in [-0.05, 0) is 43.7 Å². The molecule has 2 aromatic heterocycles. The average Bonchev–Trinajstić information content (AvgIpc) is 3.45. The van der Waals surface area contributed by atoms with Crippen molar-refractivity contribution in [3.8, 4) is 5.82 Å². The fourth-order valence-corrected chi connectivity index (χ4v) is 4.26. The Labute approximate surface area is 165 Å². The van der Waals surface area contributed by atoms with E-state index in [1.807, 2.05) is 23.1 Å². The molecule has 0 radical (unpaired) electrons. The van der Waals surface area contributed by atoms with Gasteiger partial charge in [0.25, 0.3) is 5.91 Å². The van der Waals surface area contributed by atoms with Crippen molar-refractivity contribution in [3.05, 3.63) is 42.4 Å². The van der Waals surface area contributed by atoms with Gasteiger partial charge in [-0.15, -0.1) is 0 Å². The van der Waals surface area contributed by atoms with Crippen molar-refractivity contribution in [3.63, 3.8) is 0 Å². The molecule has 0 aromatic carbocycles. The van der Waals surface area contributed by atoms with Crippen molar-refractivity contribution in [2.24, 2.45) is 5.92 Å². The van der Waals surface area contributed by atoms with Gasteiger partial charge in [-0.2, -0.15) is 5.10 Å². The molecule has 0 bridgehead atoms. The summed E-state index contributed by atoms with van der Waals surface area (Å²) in [6, 6.07) is 5.09. The van der Waals surface area contributed by atoms with Gasteiger partial charge >= 0.3 is 0 Å². The lowest BCUT2D eigenvalue weighted by molar-refractivity contribution is -0.133. The summed E-state index contributed by atoms with van der Waals surface area (Å²) in [7, 11) is 0. The van der Waals surface area contributed by atoms with E-state index < -0.39 is 6.04 Å². The maximum Gasteiger partial charge on any atom is 0.255 e. The quantitative estimate of drug-likeness (QED) is 0.863. The van der Waals surface area contributed by atoms with Gasteiger partial charge in [0.1, 0.15) is 6.04 Å². The van der Waals surface area contributed by atoms with E-state index >= 15 is 0 Å². The van der Waals surface area contributed by atoms with Crippen LogP contribution in [0.1, 0.15) is 55.3 Å². The van der Waals surface area contributed by atoms with Crippen LogP contribution < -0.4 is 5.32 Å². The Hall–Kier alpha value is -2.70. The highest BCUT2D eigenvalue weighted by Crippen LogP contribution is 2.28. The standard InChI is InChI=1S/C21H27N5O2/c27-20(17-14-23-26(15-17)18-10-4-5-11-22-18)24-19(16-8-2-1-3-9-16)21(28)25-12-6-7-13-25/h4-5,10-11,14-16,19H,1-3,6-9,12-13H2,(H,24,27)/t19-/m0/s1. The second kappa shape index (κ2) is 8.54. The second-order valence-corrected chi connectivity index (χ2v) is 7.74. The van der Waals surface area contributed by atoms with Gasteiger partial charge in [-0.25, -0.2) is 9.67 Å². The van der Waals surface area contributed by atoms with E-state index in [2.05, 4.69) is 15.4 Å². The summed E-state index contributed by atoms with van der Waals surface area (Å²) in [4.78, 5) is 32.2. The molecule has 0 spiro atoms. The van der Waals surface area contributed by atoms with Gasteiger partial charge < -0.3 is 10.2 Å². The largest absolute Gasteiger partial charge is 0.341 e. The van der Waals surface area contributed by atoms with Gasteiger partial charge in [0, 0.05) is 25.5 Å². The molecule has 0 unspecified atom stereocenters. The molecule has 1 aliphatic heterocycles. The van der Waals surface area contributed by atoms with Crippen LogP contribution in [0.3, 0.4) is 0 Å². The van der Waals surface area contributed by atoms with Crippen molar-refractivity contribution in [1.82, 2.24) is 25.0 Å². The van der Waals surface area contributed by atoms with Crippen molar-refractivity contribution >= 4 is 11.8 Å². The van der Waals surface area contributed by atoms with Crippen LogP contribution in [-0.4, -0.2) is 50.6 Å². The summed E-state index contributed by atoms with van der Waals surface area (Å²) >= 11 is 0. The van der Waals surface area contributed by atoms with Gasteiger partial charge in [-0.1, -0.05) is 25.3 Å². The number of carbonyl (C=O) groups is 2. The van der Waals surface area contributed by atoms with E-state index in [4.69, 9.17) is 0 Å². The summed E-state index contributed by atoms with van der Waals surface area (Å²) in [5, 5.41) is 7.29. The minimum absolute atomic E-state index is 0.0786. The number of aromatic nitrogens is 3. The predicted octanol–water partition coefficient (Wildman–Crippen LogP) is 2.57. The minimum Gasteiger partial charge on any atom is -0.341 e. The third-order valence-electron chi connectivity index (χ3n) is 5.82. The second-order valence-electron chi connectivity index (χ2n) is 7.74. The number of hydrogen-bond donors (Lipinski definition) is 1. The van der Waals surface area contributed by atoms with Crippen LogP contribution in [0.15, 0.2) is 36.8 Å². The molecule has 1 N–H and O–H groups in total. The van der Waals surface area contributed by atoms with Crippen molar-refractivity contribution in [2.45, 2.75) is 51.0 Å². The SMILES string of the molecule is O=C(N[C@H](C(=O)N1CCCC1)C1CCCCC1)c1cnn(-c2ccccn2)c1. The fraction of sp³-hybridized carbons (Fsp3) is 0.524. The Bertz CT molecular complexity index is 807. The third kappa shape index (κ3) is 4.08. The molecule has 2 fully saturated rings. The maximum absolute atomic E-state index is 13.1. The molecule has 7 heteroatoms. The van der Waals surface area contributed by atoms with Crippen molar-refractivity contribution < 1.29 is 9.59 Å². The summed E-state index contributed by atoms with van der Waals surface area (Å²) in [5.74, 6) is 0.704. The van der Waals surface area contributed by atoms with E-state index in [0.29, 0.717) is 11.4 Å². The van der Waals surface area contributed by atoms with E-state index in [1.165, 1.54) is 12.6 Å². The Morgan fingerprint density at radius 1 is 1.07 bits per heavy atom. The Morgan fingerprint density at radius 2 is 1.86 bits per heavy atom. The van der Waals surface area contributed by atoms with Crippen LogP contribution in [-0.2, 0) is 4.79 Å². The highest BCUT2D eigenvalue weighted by atomic mass is 16.2. The third-order valence-corrected chi connectivity index (χ3v) is 5.82. The molecular weight excluding hydrogens is 354 g/mol. The summed E-state index contributed by atoms with van der Waals surface area (Å²) in [6.45, 7) is 1.60. The van der Waals surface area contributed by atoms with E-state index in [9.17, 15) is 9.59 Å². The molecule has 28 heavy (non-hydrogen) atoms. The number of pyridine rings is 1. The number of hydrogen-bond acceptors (Lipinski definition) is 4. The number of amides is 2. The fourth-order valence-electron chi connectivity index (χ4n) is 4.26. The molecule has 2 amide bonds. The van der Waals surface area contributed by atoms with Crippen LogP contribution in [0.2, 0.25) is 0 Å². The average molecular weight is 381 g/mol. The molecular formula is C21H27N5O2. The molecule has 148 valence electrons. The Balaban J connectivity index is 1.50. The minimum atomic E-state index is -0.441. The normalized spacial score (nSPS) is 18.8. The molecule has 7 nitrogen and oxygen atoms in total. The van der Waals surface area contributed by atoms with Gasteiger partial charge in [0.15, 0.2) is 5.82 Å². The van der Waals surface area contributed by atoms with E-state index in [1.54, 1.807) is 17.1 Å². The lowest BCUT2D eigenvalue weighted by Crippen LogP contribution is -2.52. The molecule has 1 atom stereocenters. The number of nitrogens with one attached hydrogen (secondary N) is 1. The zero-order chi connectivity index (χ0) is 19.3. The highest BCUT2D eigenvalue weighted by Gasteiger charge is 2.35. The monoisotopic (exact) mass is 381 g/mol. The maximum atomic E-state index is 13.1. The zero-order valence-corrected chi connectivity index (χ0v) is 16.1. The molecule has 2 aromatic rings. The first-order chi connectivity index (χ1) is 13.7. The first-order valence-electron chi connectivity index (χ1n) is 10.3. The topological polar surface area (TPSA) is 80.1 Å². The van der Waals surface area contributed by atoms with Gasteiger partial charge in [0.2, 0.25) is 5.91 Å². The summed E-state index contributed by atoms with van der Waals surface area (Å²) in [5.41, 5.74) is 0.445. The molecule has 4 rings (SSSR count). The van der Waals surface area contributed by atoms with Crippen molar-refractivity contribution in [1.29, 1.82) is 0 Å². The molecule has 3 heterocycles. The lowest BCUT2D eigenvalue weighted by atomic mass is 9.83. The first-order valence-corrected chi connectivity index (χ1v) is 10.3. The zero-order valence-electron chi connectivity index (χ0n) is 16.1. The molecule has 1 saturated heterocycles. The smallest absolute Gasteiger partial charge is 0.255 e. The first kappa shape index (κ1) is 18.7. The Morgan fingerprint density at radius 3 is 2.57 bits per heavy atom. The van der Waals surface area contributed by atoms with Gasteiger partial charge in [0.05, 0.1) is 11.8 Å². The van der Waals surface area contributed by atoms with E-state index in [0.717, 1.165) is 51.6 Å². The molecule has 1 saturated carbocycles. The number of likely N-dealkylation sites (tertiary alicyclic amines) is 1. The summed E-state index contributed by atoms with van der Waals surface area (Å²) < 4.78 is 1.58. The Kier molecular flexibility index (Phi) is 5.69. The van der Waals surface area contributed by atoms with Crippen LogP contribution in [0.5, 0.6) is 0 Å². The molecule has 1 aliphatic carbocycles. The lowest BCUT2D eigenvalue weighted by Gasteiger charge is -2.32. The van der Waals surface area contributed by atoms with E-state index in [-0.39, 0.29) is 17.7 Å². The number of carbonyl (C=O) groups excluding carboxylic acids is 2. The summed E-state index contributed by atoms with van der Waals surface area (Å²) in [6.07, 6.45) is 12.4. The van der Waals surface area contributed by atoms with Gasteiger partial charge in [-0.3, -0.25) is 9.59 Å². The van der Waals surface area contributed by atoms with Crippen LogP contribution in [0, 0.1) is 5.92 Å². The van der Waals surface area contributed by atoms with Crippen LogP contribution in [0.4, 0.5) is 0 Å². The van der Waals surface area contributed by atoms with Crippen LogP contribution in [0.25, 0.3) is 5.82 Å². The van der Waals surface area contributed by atoms with Crippen LogP contribution >= 0.6 is 0 Å². The number of rotatable bonds is 5. The highest BCUT2D eigenvalue weighted by molar-refractivity contribution is 5.97. The predicted molar refractivity (Wildman–Crippen MR) is 105 cm³/mol. The number of nitrogens with zero attached hydrogens (tertiary/aromatic N) is 4. The molecule has 2 aliphatic rings. The van der Waals surface area contributed by atoms with Crippen molar-refractivity contribution in [2.75, 3.05) is 13.1 Å².